The monoisotopic (exact) mass is 530 g/mol. The number of carbonyl (C=O) groups is 4. The fraction of sp³-hybridized carbons (Fsp3) is 0.655. The van der Waals surface area contributed by atoms with Crippen molar-refractivity contribution in [2.24, 2.45) is 11.7 Å². The van der Waals surface area contributed by atoms with Crippen LogP contribution in [0.3, 0.4) is 0 Å². The molecule has 1 aromatic carbocycles. The fourth-order valence-electron chi connectivity index (χ4n) is 4.78. The highest BCUT2D eigenvalue weighted by Gasteiger charge is 2.48. The SMILES string of the molecule is CCCC(C)NC(=O)C(c1cc(C)cc(C)c1)N(C(=O)C(CCC(N)=O)NC(=O)OC(C)(C)C)C1CC1C. The zero-order valence-corrected chi connectivity index (χ0v) is 24.2. The molecule has 0 radical (unpaired) electrons. The Balaban J connectivity index is 2.54. The number of nitrogens with zero attached hydrogens (tertiary/aromatic N) is 1. The van der Waals surface area contributed by atoms with Gasteiger partial charge in [0.15, 0.2) is 0 Å². The van der Waals surface area contributed by atoms with Crippen LogP contribution in [-0.4, -0.2) is 52.4 Å². The van der Waals surface area contributed by atoms with Gasteiger partial charge in [-0.05, 0) is 72.3 Å². The maximum atomic E-state index is 14.2. The van der Waals surface area contributed by atoms with Crippen molar-refractivity contribution in [1.29, 1.82) is 0 Å². The van der Waals surface area contributed by atoms with Gasteiger partial charge in [0.25, 0.3) is 0 Å². The minimum absolute atomic E-state index is 0.00156. The maximum Gasteiger partial charge on any atom is 0.408 e. The number of amides is 4. The van der Waals surface area contributed by atoms with Crippen molar-refractivity contribution >= 4 is 23.8 Å². The molecule has 1 aliphatic rings. The molecule has 212 valence electrons. The number of ether oxygens (including phenoxy) is 1. The van der Waals surface area contributed by atoms with E-state index < -0.39 is 35.6 Å². The summed E-state index contributed by atoms with van der Waals surface area (Å²) >= 11 is 0. The van der Waals surface area contributed by atoms with E-state index in [0.29, 0.717) is 5.56 Å². The largest absolute Gasteiger partial charge is 0.444 e. The highest BCUT2D eigenvalue weighted by atomic mass is 16.6. The number of nitrogens with one attached hydrogen (secondary N) is 2. The van der Waals surface area contributed by atoms with Gasteiger partial charge in [-0.15, -0.1) is 0 Å². The maximum absolute atomic E-state index is 14.2. The second-order valence-electron chi connectivity index (χ2n) is 11.8. The molecule has 1 fully saturated rings. The lowest BCUT2D eigenvalue weighted by molar-refractivity contribution is -0.144. The van der Waals surface area contributed by atoms with Crippen molar-refractivity contribution in [2.45, 2.75) is 117 Å². The lowest BCUT2D eigenvalue weighted by Gasteiger charge is -2.36. The molecule has 4 N–H and O–H groups in total. The van der Waals surface area contributed by atoms with Crippen LogP contribution in [0.1, 0.15) is 96.4 Å². The van der Waals surface area contributed by atoms with E-state index in [1.54, 1.807) is 25.7 Å². The number of carbonyl (C=O) groups excluding carboxylic acids is 4. The van der Waals surface area contributed by atoms with E-state index in [4.69, 9.17) is 10.5 Å². The Hall–Kier alpha value is -3.10. The van der Waals surface area contributed by atoms with Crippen molar-refractivity contribution in [3.8, 4) is 0 Å². The zero-order chi connectivity index (χ0) is 28.8. The average Bonchev–Trinajstić information content (AvgIpc) is 3.47. The molecule has 0 bridgehead atoms. The van der Waals surface area contributed by atoms with Crippen molar-refractivity contribution in [3.05, 3.63) is 34.9 Å². The number of rotatable bonds is 12. The summed E-state index contributed by atoms with van der Waals surface area (Å²) in [4.78, 5) is 54.0. The van der Waals surface area contributed by atoms with Crippen LogP contribution in [0.25, 0.3) is 0 Å². The van der Waals surface area contributed by atoms with E-state index in [0.717, 1.165) is 30.4 Å². The lowest BCUT2D eigenvalue weighted by Crippen LogP contribution is -2.54. The first-order valence-corrected chi connectivity index (χ1v) is 13.6. The smallest absolute Gasteiger partial charge is 0.408 e. The third-order valence-corrected chi connectivity index (χ3v) is 6.54. The topological polar surface area (TPSA) is 131 Å². The van der Waals surface area contributed by atoms with Gasteiger partial charge in [0.1, 0.15) is 17.7 Å². The van der Waals surface area contributed by atoms with Crippen LogP contribution in [0.15, 0.2) is 18.2 Å². The first-order chi connectivity index (χ1) is 17.6. The van der Waals surface area contributed by atoms with Gasteiger partial charge in [-0.1, -0.05) is 49.6 Å². The predicted molar refractivity (Wildman–Crippen MR) is 147 cm³/mol. The van der Waals surface area contributed by atoms with Gasteiger partial charge in [-0.2, -0.15) is 0 Å². The van der Waals surface area contributed by atoms with E-state index in [1.165, 1.54) is 0 Å². The minimum atomic E-state index is -1.08. The number of primary amides is 1. The molecule has 4 amide bonds. The van der Waals surface area contributed by atoms with E-state index in [2.05, 4.69) is 17.6 Å². The number of alkyl carbamates (subject to hydrolysis) is 1. The standard InChI is InChI=1S/C29H46N4O5/c1-9-10-20(5)31-26(35)25(21-14-17(2)13-18(3)15-21)33(23-16-19(23)4)27(36)22(11-12-24(30)34)32-28(37)38-29(6,7)8/h13-15,19-20,22-23,25H,9-12,16H2,1-8H3,(H2,30,34)(H,31,35)(H,32,37). The first kappa shape index (κ1) is 31.1. The van der Waals surface area contributed by atoms with E-state index in [9.17, 15) is 19.2 Å². The number of hydrogen-bond donors (Lipinski definition) is 3. The molecule has 1 aromatic rings. The van der Waals surface area contributed by atoms with Crippen LogP contribution in [0, 0.1) is 19.8 Å². The Labute approximate surface area is 227 Å². The third-order valence-electron chi connectivity index (χ3n) is 6.54. The third kappa shape index (κ3) is 9.33. The Morgan fingerprint density at radius 2 is 1.66 bits per heavy atom. The summed E-state index contributed by atoms with van der Waals surface area (Å²) in [6.07, 6.45) is 1.58. The second-order valence-corrected chi connectivity index (χ2v) is 11.8. The van der Waals surface area contributed by atoms with E-state index in [1.807, 2.05) is 45.9 Å². The molecule has 38 heavy (non-hydrogen) atoms. The van der Waals surface area contributed by atoms with Gasteiger partial charge in [-0.25, -0.2) is 4.79 Å². The molecular weight excluding hydrogens is 484 g/mol. The molecule has 0 aliphatic heterocycles. The van der Waals surface area contributed by atoms with Crippen LogP contribution in [0.2, 0.25) is 0 Å². The molecule has 9 heteroatoms. The number of aryl methyl sites for hydroxylation is 2. The number of benzene rings is 1. The minimum Gasteiger partial charge on any atom is -0.444 e. The Kier molecular flexibility index (Phi) is 10.7. The Morgan fingerprint density at radius 3 is 2.13 bits per heavy atom. The predicted octanol–water partition coefficient (Wildman–Crippen LogP) is 4.05. The Bertz CT molecular complexity index is 998. The Morgan fingerprint density at radius 1 is 1.08 bits per heavy atom. The molecular formula is C29H46N4O5. The highest BCUT2D eigenvalue weighted by molar-refractivity contribution is 5.93. The molecule has 5 atom stereocenters. The summed E-state index contributed by atoms with van der Waals surface area (Å²) in [6.45, 7) is 15.1. The van der Waals surface area contributed by atoms with Crippen LogP contribution in [0.5, 0.6) is 0 Å². The van der Waals surface area contributed by atoms with Crippen LogP contribution >= 0.6 is 0 Å². The van der Waals surface area contributed by atoms with Crippen LogP contribution < -0.4 is 16.4 Å². The highest BCUT2D eigenvalue weighted by Crippen LogP contribution is 2.41. The molecule has 2 rings (SSSR count). The van der Waals surface area contributed by atoms with Crippen molar-refractivity contribution in [2.75, 3.05) is 0 Å². The van der Waals surface area contributed by atoms with Gasteiger partial charge in [0.2, 0.25) is 17.7 Å². The van der Waals surface area contributed by atoms with Gasteiger partial charge in [0.05, 0.1) is 0 Å². The summed E-state index contributed by atoms with van der Waals surface area (Å²) < 4.78 is 5.39. The van der Waals surface area contributed by atoms with Gasteiger partial charge in [0, 0.05) is 18.5 Å². The molecule has 0 saturated heterocycles. The summed E-state index contributed by atoms with van der Waals surface area (Å²) in [5, 5.41) is 5.74. The summed E-state index contributed by atoms with van der Waals surface area (Å²) in [5.41, 5.74) is 7.28. The van der Waals surface area contributed by atoms with Gasteiger partial charge in [-0.3, -0.25) is 14.4 Å². The fourth-order valence-corrected chi connectivity index (χ4v) is 4.78. The molecule has 1 saturated carbocycles. The molecule has 0 heterocycles. The lowest BCUT2D eigenvalue weighted by atomic mass is 9.97. The summed E-state index contributed by atoms with van der Waals surface area (Å²) in [7, 11) is 0. The average molecular weight is 531 g/mol. The summed E-state index contributed by atoms with van der Waals surface area (Å²) in [5.74, 6) is -1.10. The zero-order valence-electron chi connectivity index (χ0n) is 24.2. The van der Waals surface area contributed by atoms with Crippen molar-refractivity contribution in [1.82, 2.24) is 15.5 Å². The van der Waals surface area contributed by atoms with Crippen LogP contribution in [-0.2, 0) is 19.1 Å². The molecule has 1 aliphatic carbocycles. The molecule has 0 aromatic heterocycles. The van der Waals surface area contributed by atoms with Crippen LogP contribution in [0.4, 0.5) is 4.79 Å². The van der Waals surface area contributed by atoms with E-state index >= 15 is 0 Å². The number of hydrogen-bond acceptors (Lipinski definition) is 5. The quantitative estimate of drug-likeness (QED) is 0.375. The molecule has 9 nitrogen and oxygen atoms in total. The summed E-state index contributed by atoms with van der Waals surface area (Å²) in [6, 6.07) is 3.64. The number of nitrogens with two attached hydrogens (primary N) is 1. The normalized spacial score (nSPS) is 19.1. The molecule has 0 spiro atoms. The van der Waals surface area contributed by atoms with Crippen molar-refractivity contribution < 1.29 is 23.9 Å². The molecule has 5 unspecified atom stereocenters. The van der Waals surface area contributed by atoms with Gasteiger partial charge < -0.3 is 26.0 Å². The van der Waals surface area contributed by atoms with Crippen molar-refractivity contribution in [3.63, 3.8) is 0 Å². The second kappa shape index (κ2) is 13.1. The van der Waals surface area contributed by atoms with Gasteiger partial charge >= 0.3 is 6.09 Å². The first-order valence-electron chi connectivity index (χ1n) is 13.6. The van der Waals surface area contributed by atoms with E-state index in [-0.39, 0.29) is 36.8 Å².